The monoisotopic (exact) mass is 417 g/mol. The predicted molar refractivity (Wildman–Crippen MR) is 97.5 cm³/mol. The lowest BCUT2D eigenvalue weighted by Crippen LogP contribution is -2.46. The smallest absolute Gasteiger partial charge is 0.419 e. The molecule has 0 aromatic heterocycles. The molecule has 28 heavy (non-hydrogen) atoms. The first-order valence-corrected chi connectivity index (χ1v) is 8.66. The summed E-state index contributed by atoms with van der Waals surface area (Å²) in [5.74, 6) is -1.35. The number of hydrogen-bond acceptors (Lipinski definition) is 4. The SMILES string of the molecule is NC(CO)(CCc1ccc(Oc2ccccc2C(F)(F)F)cc1Cl)CC(=O)O. The van der Waals surface area contributed by atoms with E-state index >= 15 is 0 Å². The maximum absolute atomic E-state index is 13.1. The number of hydrogen-bond donors (Lipinski definition) is 3. The van der Waals surface area contributed by atoms with Crippen LogP contribution in [0.25, 0.3) is 0 Å². The van der Waals surface area contributed by atoms with Crippen LogP contribution in [0.2, 0.25) is 5.02 Å². The van der Waals surface area contributed by atoms with Crippen LogP contribution in [-0.4, -0.2) is 28.3 Å². The number of alkyl halides is 3. The molecule has 9 heteroatoms. The van der Waals surface area contributed by atoms with Crippen LogP contribution in [0, 0.1) is 0 Å². The molecular weight excluding hydrogens is 399 g/mol. The van der Waals surface area contributed by atoms with Gasteiger partial charge in [0.15, 0.2) is 0 Å². The first kappa shape index (κ1) is 22.0. The van der Waals surface area contributed by atoms with E-state index < -0.39 is 36.3 Å². The average Bonchev–Trinajstić information content (AvgIpc) is 2.60. The Bertz CT molecular complexity index is 844. The summed E-state index contributed by atoms with van der Waals surface area (Å²) in [7, 11) is 0. The molecule has 4 N–H and O–H groups in total. The maximum Gasteiger partial charge on any atom is 0.419 e. The lowest BCUT2D eigenvalue weighted by Gasteiger charge is -2.25. The molecule has 0 saturated heterocycles. The fourth-order valence-electron chi connectivity index (χ4n) is 2.62. The van der Waals surface area contributed by atoms with Gasteiger partial charge in [-0.1, -0.05) is 29.8 Å². The van der Waals surface area contributed by atoms with Crippen molar-refractivity contribution < 1.29 is 32.9 Å². The summed E-state index contributed by atoms with van der Waals surface area (Å²) in [5, 5.41) is 18.5. The maximum atomic E-state index is 13.1. The third-order valence-electron chi connectivity index (χ3n) is 4.16. The Morgan fingerprint density at radius 2 is 1.86 bits per heavy atom. The van der Waals surface area contributed by atoms with Crippen molar-refractivity contribution in [1.29, 1.82) is 0 Å². The van der Waals surface area contributed by atoms with Crippen LogP contribution in [0.4, 0.5) is 13.2 Å². The lowest BCUT2D eigenvalue weighted by molar-refractivity contribution is -0.139. The molecule has 0 saturated carbocycles. The van der Waals surface area contributed by atoms with E-state index in [9.17, 15) is 23.1 Å². The Labute approximate surface area is 164 Å². The highest BCUT2D eigenvalue weighted by molar-refractivity contribution is 6.31. The number of aryl methyl sites for hydroxylation is 1. The fourth-order valence-corrected chi connectivity index (χ4v) is 2.88. The molecule has 2 aromatic carbocycles. The number of ether oxygens (including phenoxy) is 1. The van der Waals surface area contributed by atoms with Crippen molar-refractivity contribution in [3.63, 3.8) is 0 Å². The fraction of sp³-hybridized carbons (Fsp3) is 0.316. The number of aliphatic hydroxyl groups is 1. The quantitative estimate of drug-likeness (QED) is 0.597. The molecule has 2 aromatic rings. The zero-order valence-electron chi connectivity index (χ0n) is 14.7. The topological polar surface area (TPSA) is 92.8 Å². The molecule has 2 rings (SSSR count). The number of carboxylic acid groups (broad SMARTS) is 1. The van der Waals surface area contributed by atoms with Gasteiger partial charge in [0, 0.05) is 10.6 Å². The molecule has 0 aliphatic rings. The van der Waals surface area contributed by atoms with Crippen LogP contribution in [0.3, 0.4) is 0 Å². The Kier molecular flexibility index (Phi) is 6.92. The summed E-state index contributed by atoms with van der Waals surface area (Å²) in [4.78, 5) is 10.9. The van der Waals surface area contributed by atoms with Crippen LogP contribution in [0.15, 0.2) is 42.5 Å². The first-order chi connectivity index (χ1) is 13.0. The molecule has 152 valence electrons. The standard InChI is InChI=1S/C19H19ClF3NO4/c20-15-9-13(28-16-4-2-1-3-14(16)19(21,22)23)6-5-12(15)7-8-18(24,11-25)10-17(26)27/h1-6,9,25H,7-8,10-11,24H2,(H,26,27). The van der Waals surface area contributed by atoms with Gasteiger partial charge >= 0.3 is 12.1 Å². The number of nitrogens with two attached hydrogens (primary N) is 1. The average molecular weight is 418 g/mol. The Morgan fingerprint density at radius 3 is 2.43 bits per heavy atom. The lowest BCUT2D eigenvalue weighted by atomic mass is 9.90. The van der Waals surface area contributed by atoms with Gasteiger partial charge in [-0.3, -0.25) is 4.79 Å². The third kappa shape index (κ3) is 5.85. The van der Waals surface area contributed by atoms with Crippen molar-refractivity contribution in [3.05, 3.63) is 58.6 Å². The summed E-state index contributed by atoms with van der Waals surface area (Å²) < 4.78 is 44.5. The number of para-hydroxylation sites is 1. The van der Waals surface area contributed by atoms with E-state index in [-0.39, 0.29) is 29.4 Å². The minimum Gasteiger partial charge on any atom is -0.481 e. The van der Waals surface area contributed by atoms with E-state index in [1.165, 1.54) is 30.3 Å². The molecule has 1 unspecified atom stereocenters. The molecule has 0 bridgehead atoms. The number of aliphatic carboxylic acids is 1. The zero-order chi connectivity index (χ0) is 20.9. The van der Waals surface area contributed by atoms with Crippen molar-refractivity contribution >= 4 is 17.6 Å². The Hall–Kier alpha value is -2.29. The number of carboxylic acids is 1. The van der Waals surface area contributed by atoms with Gasteiger partial charge in [0.2, 0.25) is 0 Å². The van der Waals surface area contributed by atoms with Crippen LogP contribution in [0.1, 0.15) is 24.0 Å². The molecule has 0 spiro atoms. The molecule has 0 aliphatic heterocycles. The van der Waals surface area contributed by atoms with Crippen LogP contribution in [0.5, 0.6) is 11.5 Å². The normalized spacial score (nSPS) is 13.8. The van der Waals surface area contributed by atoms with Gasteiger partial charge in [-0.25, -0.2) is 0 Å². The van der Waals surface area contributed by atoms with Crippen molar-refractivity contribution in [2.75, 3.05) is 6.61 Å². The molecule has 0 fully saturated rings. The van der Waals surface area contributed by atoms with Gasteiger partial charge in [-0.05, 0) is 42.7 Å². The van der Waals surface area contributed by atoms with Crippen LogP contribution < -0.4 is 10.5 Å². The number of benzene rings is 2. The second kappa shape index (κ2) is 8.81. The Morgan fingerprint density at radius 1 is 1.18 bits per heavy atom. The summed E-state index contributed by atoms with van der Waals surface area (Å²) in [6, 6.07) is 9.22. The second-order valence-corrected chi connectivity index (χ2v) is 6.85. The van der Waals surface area contributed by atoms with E-state index in [0.717, 1.165) is 6.07 Å². The molecule has 0 radical (unpaired) electrons. The van der Waals surface area contributed by atoms with E-state index in [1.54, 1.807) is 6.07 Å². The number of carbonyl (C=O) groups is 1. The van der Waals surface area contributed by atoms with Crippen molar-refractivity contribution in [3.8, 4) is 11.5 Å². The third-order valence-corrected chi connectivity index (χ3v) is 4.51. The molecule has 5 nitrogen and oxygen atoms in total. The number of rotatable bonds is 8. The largest absolute Gasteiger partial charge is 0.481 e. The molecule has 0 amide bonds. The number of halogens is 4. The van der Waals surface area contributed by atoms with E-state index in [1.807, 2.05) is 0 Å². The zero-order valence-corrected chi connectivity index (χ0v) is 15.4. The van der Waals surface area contributed by atoms with Gasteiger partial charge in [0.1, 0.15) is 11.5 Å². The first-order valence-electron chi connectivity index (χ1n) is 8.28. The molecule has 0 heterocycles. The molecular formula is C19H19ClF3NO4. The van der Waals surface area contributed by atoms with Crippen LogP contribution in [-0.2, 0) is 17.4 Å². The van der Waals surface area contributed by atoms with Crippen molar-refractivity contribution in [2.45, 2.75) is 31.0 Å². The minimum atomic E-state index is -4.56. The van der Waals surface area contributed by atoms with Crippen molar-refractivity contribution in [2.24, 2.45) is 5.73 Å². The van der Waals surface area contributed by atoms with Gasteiger partial charge in [0.05, 0.1) is 18.6 Å². The second-order valence-electron chi connectivity index (χ2n) is 6.44. The number of aliphatic hydroxyl groups excluding tert-OH is 1. The summed E-state index contributed by atoms with van der Waals surface area (Å²) >= 11 is 6.18. The predicted octanol–water partition coefficient (Wildman–Crippen LogP) is 4.25. The van der Waals surface area contributed by atoms with E-state index in [4.69, 9.17) is 27.2 Å². The molecule has 0 aliphatic carbocycles. The highest BCUT2D eigenvalue weighted by Gasteiger charge is 2.34. The summed E-state index contributed by atoms with van der Waals surface area (Å²) in [6.07, 6.45) is -4.52. The summed E-state index contributed by atoms with van der Waals surface area (Å²) in [5.41, 5.74) is 4.29. The summed E-state index contributed by atoms with van der Waals surface area (Å²) in [6.45, 7) is -0.508. The molecule has 1 atom stereocenters. The van der Waals surface area contributed by atoms with Gasteiger partial charge in [-0.2, -0.15) is 13.2 Å². The van der Waals surface area contributed by atoms with Gasteiger partial charge in [0.25, 0.3) is 0 Å². The highest BCUT2D eigenvalue weighted by Crippen LogP contribution is 2.38. The van der Waals surface area contributed by atoms with Crippen LogP contribution >= 0.6 is 11.6 Å². The van der Waals surface area contributed by atoms with E-state index in [0.29, 0.717) is 5.56 Å². The van der Waals surface area contributed by atoms with E-state index in [2.05, 4.69) is 0 Å². The minimum absolute atomic E-state index is 0.122. The highest BCUT2D eigenvalue weighted by atomic mass is 35.5. The van der Waals surface area contributed by atoms with Gasteiger partial charge < -0.3 is 20.7 Å². The van der Waals surface area contributed by atoms with Gasteiger partial charge in [-0.15, -0.1) is 0 Å². The Balaban J connectivity index is 2.14. The van der Waals surface area contributed by atoms with Crippen molar-refractivity contribution in [1.82, 2.24) is 0 Å².